The van der Waals surface area contributed by atoms with Crippen LogP contribution >= 0.6 is 15.2 Å². The van der Waals surface area contributed by atoms with Crippen LogP contribution in [0.5, 0.6) is 0 Å². The first kappa shape index (κ1) is 15.7. The van der Waals surface area contributed by atoms with Crippen LogP contribution in [0.4, 0.5) is 0 Å². The zero-order valence-electron chi connectivity index (χ0n) is 7.45. The third-order valence-corrected chi connectivity index (χ3v) is 4.87. The highest BCUT2D eigenvalue weighted by molar-refractivity contribution is 7.71. The Labute approximate surface area is 75.7 Å². The first-order valence-corrected chi connectivity index (χ1v) is 6.56. The molecule has 0 aromatic heterocycles. The minimum Gasteiger partial charge on any atom is -0.368 e. The van der Waals surface area contributed by atoms with E-state index in [4.69, 9.17) is 24.7 Å². The fourth-order valence-electron chi connectivity index (χ4n) is 0.170. The molecule has 0 heterocycles. The van der Waals surface area contributed by atoms with Crippen LogP contribution in [0.15, 0.2) is 0 Å². The highest BCUT2D eigenvalue weighted by Crippen LogP contribution is 2.66. The van der Waals surface area contributed by atoms with Gasteiger partial charge in [0.2, 0.25) is 0 Å². The van der Waals surface area contributed by atoms with Crippen molar-refractivity contribution < 1.29 is 33.8 Å². The van der Waals surface area contributed by atoms with Gasteiger partial charge < -0.3 is 24.7 Å². The smallest absolute Gasteiger partial charge is 0.368 e. The summed E-state index contributed by atoms with van der Waals surface area (Å²) >= 11 is 0. The number of aliphatic hydroxyl groups is 1. The molecule has 0 unspecified atom stereocenters. The molecule has 0 atom stereocenters. The van der Waals surface area contributed by atoms with Crippen molar-refractivity contribution in [2.45, 2.75) is 25.9 Å². The molecule has 0 aromatic carbocycles. The van der Waals surface area contributed by atoms with E-state index in [0.29, 0.717) is 6.92 Å². The molecular weight excluding hydrogens is 222 g/mol. The minimum atomic E-state index is -5.20. The van der Waals surface area contributed by atoms with Crippen molar-refractivity contribution in [1.82, 2.24) is 0 Å². The van der Waals surface area contributed by atoms with E-state index < -0.39 is 20.3 Å². The fraction of sp³-hybridized carbons (Fsp3) is 1.00. The average Bonchev–Trinajstić information content (AvgIpc) is 1.87. The molecule has 0 bridgehead atoms. The summed E-state index contributed by atoms with van der Waals surface area (Å²) in [5, 5.41) is 5.37. The van der Waals surface area contributed by atoms with E-state index in [-0.39, 0.29) is 0 Å². The van der Waals surface area contributed by atoms with Crippen LogP contribution in [-0.4, -0.2) is 29.8 Å². The molecule has 0 rings (SSSR count). The molecule has 0 aliphatic rings. The SMILES string of the molecule is CC.CC(O)(P(=O)(O)O)P(=O)(O)O. The number of hydrogen-bond acceptors (Lipinski definition) is 3. The van der Waals surface area contributed by atoms with E-state index in [1.807, 2.05) is 13.8 Å². The predicted molar refractivity (Wildman–Crippen MR) is 46.1 cm³/mol. The van der Waals surface area contributed by atoms with Gasteiger partial charge in [-0.25, -0.2) is 0 Å². The molecule has 5 N–H and O–H groups in total. The van der Waals surface area contributed by atoms with Crippen molar-refractivity contribution in [2.24, 2.45) is 0 Å². The van der Waals surface area contributed by atoms with E-state index in [1.165, 1.54) is 0 Å². The van der Waals surface area contributed by atoms with Gasteiger partial charge in [-0.15, -0.1) is 0 Å². The Kier molecular flexibility index (Phi) is 5.64. The monoisotopic (exact) mass is 236 g/mol. The molecule has 82 valence electrons. The molecule has 0 saturated carbocycles. The average molecular weight is 236 g/mol. The predicted octanol–water partition coefficient (Wildman–Crippen LogP) is 0.0340. The Morgan fingerprint density at radius 2 is 1.08 bits per heavy atom. The molecule has 0 amide bonds. The zero-order valence-corrected chi connectivity index (χ0v) is 9.24. The van der Waals surface area contributed by atoms with Crippen LogP contribution in [0, 0.1) is 0 Å². The molecule has 0 fully saturated rings. The summed E-state index contributed by atoms with van der Waals surface area (Å²) < 4.78 is 20.5. The summed E-state index contributed by atoms with van der Waals surface area (Å²) in [5.41, 5.74) is 0. The molecule has 0 radical (unpaired) electrons. The summed E-state index contributed by atoms with van der Waals surface area (Å²) in [6, 6.07) is 0. The van der Waals surface area contributed by atoms with Crippen LogP contribution < -0.4 is 0 Å². The lowest BCUT2D eigenvalue weighted by molar-refractivity contribution is 0.146. The van der Waals surface area contributed by atoms with Gasteiger partial charge >= 0.3 is 15.2 Å². The highest BCUT2D eigenvalue weighted by Gasteiger charge is 2.55. The Morgan fingerprint density at radius 3 is 1.08 bits per heavy atom. The Bertz CT molecular complexity index is 211. The molecule has 7 nitrogen and oxygen atoms in total. The zero-order chi connectivity index (χ0) is 11.5. The summed E-state index contributed by atoms with van der Waals surface area (Å²) in [5.74, 6) is 0. The number of rotatable bonds is 2. The maximum absolute atomic E-state index is 10.3. The quantitative estimate of drug-likeness (QED) is 0.427. The van der Waals surface area contributed by atoms with Crippen LogP contribution in [0.1, 0.15) is 20.8 Å². The summed E-state index contributed by atoms with van der Waals surface area (Å²) in [6.07, 6.45) is 0. The molecule has 9 heteroatoms. The van der Waals surface area contributed by atoms with Gasteiger partial charge in [0.15, 0.2) is 0 Å². The lowest BCUT2D eigenvalue weighted by Gasteiger charge is -2.24. The van der Waals surface area contributed by atoms with Crippen molar-refractivity contribution in [2.75, 3.05) is 0 Å². The Balaban J connectivity index is 0. The normalized spacial score (nSPS) is 13.2. The summed E-state index contributed by atoms with van der Waals surface area (Å²) in [7, 11) is -10.4. The third-order valence-electron chi connectivity index (χ3n) is 1.10. The third kappa shape index (κ3) is 3.87. The molecule has 0 aliphatic carbocycles. The van der Waals surface area contributed by atoms with Gasteiger partial charge in [0, 0.05) is 0 Å². The van der Waals surface area contributed by atoms with E-state index >= 15 is 0 Å². The van der Waals surface area contributed by atoms with Crippen LogP contribution in [0.25, 0.3) is 0 Å². The second-order valence-electron chi connectivity index (χ2n) is 2.06. The van der Waals surface area contributed by atoms with Crippen LogP contribution in [0.3, 0.4) is 0 Å². The van der Waals surface area contributed by atoms with E-state index in [1.54, 1.807) is 0 Å². The summed E-state index contributed by atoms with van der Waals surface area (Å²) in [6.45, 7) is 4.38. The Morgan fingerprint density at radius 1 is 0.923 bits per heavy atom. The second kappa shape index (κ2) is 4.66. The topological polar surface area (TPSA) is 135 Å². The molecule has 13 heavy (non-hydrogen) atoms. The summed E-state index contributed by atoms with van der Waals surface area (Å²) in [4.78, 5) is 33.0. The van der Waals surface area contributed by atoms with Crippen LogP contribution in [0.2, 0.25) is 0 Å². The lowest BCUT2D eigenvalue weighted by atomic mass is 10.9. The number of hydrogen-bond donors (Lipinski definition) is 5. The maximum atomic E-state index is 10.3. The van der Waals surface area contributed by atoms with E-state index in [0.717, 1.165) is 0 Å². The second-order valence-corrected chi connectivity index (χ2v) is 6.33. The highest BCUT2D eigenvalue weighted by atomic mass is 31.2. The first-order valence-electron chi connectivity index (χ1n) is 3.34. The van der Waals surface area contributed by atoms with Gasteiger partial charge in [-0.05, 0) is 6.92 Å². The van der Waals surface area contributed by atoms with E-state index in [9.17, 15) is 9.13 Å². The van der Waals surface area contributed by atoms with E-state index in [2.05, 4.69) is 0 Å². The van der Waals surface area contributed by atoms with Crippen LogP contribution in [-0.2, 0) is 9.13 Å². The largest absolute Gasteiger partial charge is 0.369 e. The molecule has 0 saturated heterocycles. The Hall–Kier alpha value is 0.260. The van der Waals surface area contributed by atoms with Gasteiger partial charge in [-0.2, -0.15) is 0 Å². The van der Waals surface area contributed by atoms with Crippen molar-refractivity contribution in [3.05, 3.63) is 0 Å². The van der Waals surface area contributed by atoms with Gasteiger partial charge in [-0.1, -0.05) is 13.8 Å². The molecular formula is C4H14O7P2. The maximum Gasteiger partial charge on any atom is 0.369 e. The van der Waals surface area contributed by atoms with Crippen molar-refractivity contribution in [3.63, 3.8) is 0 Å². The van der Waals surface area contributed by atoms with Crippen molar-refractivity contribution in [3.8, 4) is 0 Å². The molecule has 0 aromatic rings. The van der Waals surface area contributed by atoms with Gasteiger partial charge in [0.05, 0.1) is 0 Å². The molecule has 0 aliphatic heterocycles. The van der Waals surface area contributed by atoms with Gasteiger partial charge in [0.1, 0.15) is 0 Å². The van der Waals surface area contributed by atoms with Crippen molar-refractivity contribution in [1.29, 1.82) is 0 Å². The standard InChI is InChI=1S/C2H8O7P2.C2H6/c1-2(3,10(4,5)6)11(7,8)9;1-2/h3H,1H3,(H2,4,5,6)(H2,7,8,9);1-2H3. The van der Waals surface area contributed by atoms with Gasteiger partial charge in [-0.3, -0.25) is 9.13 Å². The van der Waals surface area contributed by atoms with Crippen molar-refractivity contribution >= 4 is 15.2 Å². The fourth-order valence-corrected chi connectivity index (χ4v) is 1.53. The minimum absolute atomic E-state index is 0.383. The lowest BCUT2D eigenvalue weighted by Crippen LogP contribution is -2.23. The first-order chi connectivity index (χ1) is 5.50. The molecule has 0 spiro atoms. The van der Waals surface area contributed by atoms with Gasteiger partial charge in [0.25, 0.3) is 5.08 Å².